The number of ether oxygens (including phenoxy) is 3. The molecule has 1 heterocycles. The fourth-order valence-electron chi connectivity index (χ4n) is 1.51. The van der Waals surface area contributed by atoms with Crippen molar-refractivity contribution in [3.8, 4) is 11.5 Å². The maximum atomic E-state index is 10.7. The van der Waals surface area contributed by atoms with Crippen LogP contribution in [0, 0.1) is 0 Å². The summed E-state index contributed by atoms with van der Waals surface area (Å²) in [5.41, 5.74) is 0.917. The first-order chi connectivity index (χ1) is 9.19. The summed E-state index contributed by atoms with van der Waals surface area (Å²) in [7, 11) is 1.59. The molecule has 0 saturated carbocycles. The minimum Gasteiger partial charge on any atom is -0.493 e. The van der Waals surface area contributed by atoms with Gasteiger partial charge < -0.3 is 19.5 Å². The lowest BCUT2D eigenvalue weighted by Crippen LogP contribution is -2.11. The van der Waals surface area contributed by atoms with Gasteiger partial charge in [0, 0.05) is 13.1 Å². The molecule has 19 heavy (non-hydrogen) atoms. The number of epoxide rings is 1. The molecule has 1 saturated heterocycles. The van der Waals surface area contributed by atoms with Crippen molar-refractivity contribution in [3.63, 3.8) is 0 Å². The van der Waals surface area contributed by atoms with E-state index in [2.05, 4.69) is 5.32 Å². The van der Waals surface area contributed by atoms with Crippen LogP contribution in [-0.4, -0.2) is 32.3 Å². The Morgan fingerprint density at radius 2 is 2.32 bits per heavy atom. The number of benzene rings is 1. The maximum absolute atomic E-state index is 10.7. The molecule has 0 radical (unpaired) electrons. The van der Waals surface area contributed by atoms with Crippen LogP contribution in [0.5, 0.6) is 11.5 Å². The van der Waals surface area contributed by atoms with Gasteiger partial charge in [0.1, 0.15) is 12.7 Å². The molecule has 0 bridgehead atoms. The van der Waals surface area contributed by atoms with Crippen LogP contribution in [-0.2, 0) is 9.53 Å². The fourth-order valence-corrected chi connectivity index (χ4v) is 1.51. The number of carbonyl (C=O) groups excluding carboxylic acids is 1. The number of rotatable bonds is 6. The third-order valence-electron chi connectivity index (χ3n) is 2.58. The van der Waals surface area contributed by atoms with Gasteiger partial charge in [0.05, 0.1) is 13.7 Å². The lowest BCUT2D eigenvalue weighted by Gasteiger charge is -2.10. The van der Waals surface area contributed by atoms with Crippen molar-refractivity contribution in [2.45, 2.75) is 13.0 Å². The van der Waals surface area contributed by atoms with Crippen molar-refractivity contribution < 1.29 is 19.0 Å². The van der Waals surface area contributed by atoms with Gasteiger partial charge in [-0.25, -0.2) is 0 Å². The van der Waals surface area contributed by atoms with E-state index >= 15 is 0 Å². The number of methoxy groups -OCH3 is 1. The average molecular weight is 263 g/mol. The van der Waals surface area contributed by atoms with Gasteiger partial charge in [0.25, 0.3) is 0 Å². The Kier molecular flexibility index (Phi) is 4.41. The zero-order valence-corrected chi connectivity index (χ0v) is 11.0. The largest absolute Gasteiger partial charge is 0.493 e. The molecular weight excluding hydrogens is 246 g/mol. The van der Waals surface area contributed by atoms with E-state index in [9.17, 15) is 4.79 Å². The summed E-state index contributed by atoms with van der Waals surface area (Å²) < 4.78 is 16.0. The molecule has 0 aromatic heterocycles. The summed E-state index contributed by atoms with van der Waals surface area (Å²) >= 11 is 0. The zero-order chi connectivity index (χ0) is 13.7. The maximum Gasteiger partial charge on any atom is 0.220 e. The Balaban J connectivity index is 2.01. The average Bonchev–Trinajstić information content (AvgIpc) is 3.20. The van der Waals surface area contributed by atoms with Crippen LogP contribution in [0.15, 0.2) is 24.4 Å². The van der Waals surface area contributed by atoms with E-state index in [1.54, 1.807) is 19.4 Å². The van der Waals surface area contributed by atoms with E-state index in [1.807, 2.05) is 18.2 Å². The van der Waals surface area contributed by atoms with Gasteiger partial charge in [-0.3, -0.25) is 4.79 Å². The number of amides is 1. The standard InChI is InChI=1S/C14H17NO4/c1-10(16)15-6-5-11-3-4-13(14(7-11)17-2)19-9-12-8-18-12/h3-7,12H,8-9H2,1-2H3,(H,15,16)/b6-5+. The molecule has 1 amide bonds. The number of hydrogen-bond acceptors (Lipinski definition) is 4. The number of nitrogens with one attached hydrogen (secondary N) is 1. The summed E-state index contributed by atoms with van der Waals surface area (Å²) in [4.78, 5) is 10.7. The van der Waals surface area contributed by atoms with Crippen molar-refractivity contribution in [2.75, 3.05) is 20.3 Å². The van der Waals surface area contributed by atoms with Crippen LogP contribution >= 0.6 is 0 Å². The quantitative estimate of drug-likeness (QED) is 0.792. The molecule has 1 aromatic carbocycles. The van der Waals surface area contributed by atoms with E-state index in [0.29, 0.717) is 18.1 Å². The summed E-state index contributed by atoms with van der Waals surface area (Å²) in [5, 5.41) is 2.59. The number of carbonyl (C=O) groups is 1. The van der Waals surface area contributed by atoms with Gasteiger partial charge in [-0.1, -0.05) is 6.07 Å². The highest BCUT2D eigenvalue weighted by molar-refractivity contribution is 5.75. The normalized spacial score (nSPS) is 17.3. The molecule has 1 N–H and O–H groups in total. The molecule has 1 atom stereocenters. The van der Waals surface area contributed by atoms with E-state index in [1.165, 1.54) is 6.92 Å². The Hall–Kier alpha value is -2.01. The summed E-state index contributed by atoms with van der Waals surface area (Å²) in [6.45, 7) is 2.76. The van der Waals surface area contributed by atoms with Gasteiger partial charge in [0.15, 0.2) is 11.5 Å². The van der Waals surface area contributed by atoms with Crippen LogP contribution in [0.1, 0.15) is 12.5 Å². The first kappa shape index (κ1) is 13.4. The third kappa shape index (κ3) is 4.30. The van der Waals surface area contributed by atoms with Crippen LogP contribution in [0.4, 0.5) is 0 Å². The molecule has 0 spiro atoms. The van der Waals surface area contributed by atoms with Gasteiger partial charge in [-0.15, -0.1) is 0 Å². The first-order valence-electron chi connectivity index (χ1n) is 6.05. The summed E-state index contributed by atoms with van der Waals surface area (Å²) in [6.07, 6.45) is 3.59. The predicted octanol–water partition coefficient (Wildman–Crippen LogP) is 1.58. The van der Waals surface area contributed by atoms with Crippen molar-refractivity contribution in [1.82, 2.24) is 5.32 Å². The van der Waals surface area contributed by atoms with Crippen LogP contribution in [0.25, 0.3) is 6.08 Å². The van der Waals surface area contributed by atoms with E-state index in [-0.39, 0.29) is 12.0 Å². The van der Waals surface area contributed by atoms with Gasteiger partial charge in [-0.05, 0) is 23.8 Å². The van der Waals surface area contributed by atoms with Crippen molar-refractivity contribution in [3.05, 3.63) is 30.0 Å². The fraction of sp³-hybridized carbons (Fsp3) is 0.357. The van der Waals surface area contributed by atoms with Crippen LogP contribution in [0.3, 0.4) is 0 Å². The van der Waals surface area contributed by atoms with Crippen molar-refractivity contribution in [2.24, 2.45) is 0 Å². The molecule has 102 valence electrons. The topological polar surface area (TPSA) is 60.1 Å². The van der Waals surface area contributed by atoms with Gasteiger partial charge in [-0.2, -0.15) is 0 Å². The Morgan fingerprint density at radius 3 is 2.95 bits per heavy atom. The molecule has 5 heteroatoms. The third-order valence-corrected chi connectivity index (χ3v) is 2.58. The molecule has 2 rings (SSSR count). The summed E-state index contributed by atoms with van der Waals surface area (Å²) in [6, 6.07) is 5.58. The SMILES string of the molecule is COc1cc(/C=C/NC(C)=O)ccc1OCC1CO1. The molecule has 1 unspecified atom stereocenters. The van der Waals surface area contributed by atoms with Crippen molar-refractivity contribution in [1.29, 1.82) is 0 Å². The Labute approximate surface area is 112 Å². The molecule has 0 aliphatic carbocycles. The predicted molar refractivity (Wildman–Crippen MR) is 71.1 cm³/mol. The number of hydrogen-bond donors (Lipinski definition) is 1. The van der Waals surface area contributed by atoms with Gasteiger partial charge >= 0.3 is 0 Å². The minimum atomic E-state index is -0.104. The molecule has 1 aliphatic rings. The Bertz CT molecular complexity index is 480. The van der Waals surface area contributed by atoms with E-state index < -0.39 is 0 Å². The van der Waals surface area contributed by atoms with Crippen LogP contribution < -0.4 is 14.8 Å². The smallest absolute Gasteiger partial charge is 0.220 e. The second-order valence-corrected chi connectivity index (χ2v) is 4.21. The molecular formula is C14H17NO4. The molecule has 1 aromatic rings. The molecule has 5 nitrogen and oxygen atoms in total. The highest BCUT2D eigenvalue weighted by Crippen LogP contribution is 2.29. The lowest BCUT2D eigenvalue weighted by atomic mass is 10.2. The van der Waals surface area contributed by atoms with Crippen molar-refractivity contribution >= 4 is 12.0 Å². The molecule has 1 fully saturated rings. The summed E-state index contributed by atoms with van der Waals surface area (Å²) in [5.74, 6) is 1.24. The van der Waals surface area contributed by atoms with E-state index in [0.717, 1.165) is 12.2 Å². The second kappa shape index (κ2) is 6.24. The zero-order valence-electron chi connectivity index (χ0n) is 11.0. The van der Waals surface area contributed by atoms with Gasteiger partial charge in [0.2, 0.25) is 5.91 Å². The second-order valence-electron chi connectivity index (χ2n) is 4.21. The lowest BCUT2D eigenvalue weighted by molar-refractivity contribution is -0.118. The molecule has 1 aliphatic heterocycles. The van der Waals surface area contributed by atoms with Crippen LogP contribution in [0.2, 0.25) is 0 Å². The Morgan fingerprint density at radius 1 is 1.53 bits per heavy atom. The highest BCUT2D eigenvalue weighted by Gasteiger charge is 2.23. The minimum absolute atomic E-state index is 0.104. The highest BCUT2D eigenvalue weighted by atomic mass is 16.6. The first-order valence-corrected chi connectivity index (χ1v) is 6.05. The monoisotopic (exact) mass is 263 g/mol. The van der Waals surface area contributed by atoms with E-state index in [4.69, 9.17) is 14.2 Å².